The van der Waals surface area contributed by atoms with Gasteiger partial charge in [-0.3, -0.25) is 0 Å². The Balaban J connectivity index is 3.76. The lowest BCUT2D eigenvalue weighted by molar-refractivity contribution is -0.131. The van der Waals surface area contributed by atoms with Crippen molar-refractivity contribution < 1.29 is 20.1 Å². The molecule has 4 heteroatoms. The second-order valence-electron chi connectivity index (χ2n) is 6.24. The summed E-state index contributed by atoms with van der Waals surface area (Å²) in [6.07, 6.45) is 23.5. The first-order valence-corrected chi connectivity index (χ1v) is 9.54. The van der Waals surface area contributed by atoms with Gasteiger partial charge in [0.2, 0.25) is 0 Å². The van der Waals surface area contributed by atoms with E-state index in [2.05, 4.69) is 6.92 Å². The molecule has 0 bridgehead atoms. The van der Waals surface area contributed by atoms with E-state index >= 15 is 0 Å². The van der Waals surface area contributed by atoms with Crippen molar-refractivity contribution >= 4 is 5.97 Å². The van der Waals surface area contributed by atoms with Gasteiger partial charge in [0.1, 0.15) is 5.76 Å². The van der Waals surface area contributed by atoms with E-state index in [1.54, 1.807) is 42.5 Å². The maximum Gasteiger partial charge on any atom is 0.328 e. The van der Waals surface area contributed by atoms with Crippen molar-refractivity contribution in [2.24, 2.45) is 0 Å². The number of hydrogen-bond donors (Lipinski definition) is 3. The summed E-state index contributed by atoms with van der Waals surface area (Å²) in [7, 11) is 0. The number of carbonyl (C=O) groups is 1. The molecule has 0 rings (SSSR count). The maximum atomic E-state index is 10.2. The van der Waals surface area contributed by atoms with Gasteiger partial charge in [-0.15, -0.1) is 0 Å². The Morgan fingerprint density at radius 1 is 0.808 bits per heavy atom. The molecule has 0 aromatic heterocycles. The molecule has 4 nitrogen and oxygen atoms in total. The van der Waals surface area contributed by atoms with E-state index in [-0.39, 0.29) is 11.9 Å². The summed E-state index contributed by atoms with van der Waals surface area (Å²) in [6, 6.07) is 0. The zero-order valence-corrected chi connectivity index (χ0v) is 15.9. The van der Waals surface area contributed by atoms with Crippen molar-refractivity contribution in [3.05, 3.63) is 60.4 Å². The summed E-state index contributed by atoms with van der Waals surface area (Å²) >= 11 is 0. The van der Waals surface area contributed by atoms with Gasteiger partial charge in [-0.1, -0.05) is 75.5 Å². The Morgan fingerprint density at radius 2 is 1.38 bits per heavy atom. The molecule has 146 valence electrons. The van der Waals surface area contributed by atoms with E-state index in [4.69, 9.17) is 5.11 Å². The summed E-state index contributed by atoms with van der Waals surface area (Å²) < 4.78 is 0. The third kappa shape index (κ3) is 18.3. The highest BCUT2D eigenvalue weighted by Gasteiger charge is 2.02. The molecule has 0 saturated heterocycles. The van der Waals surface area contributed by atoms with Crippen LogP contribution in [-0.4, -0.2) is 27.4 Å². The van der Waals surface area contributed by atoms with Gasteiger partial charge in [-0.25, -0.2) is 4.79 Å². The number of aliphatic hydroxyl groups excluding tert-OH is 2. The average molecular weight is 363 g/mol. The molecule has 0 saturated carbocycles. The standard InChI is InChI=1S/C22H34O4/c1-2-3-10-15-20(23)17-12-8-9-13-18-21(24)16-11-6-4-5-7-14-19-22(25)26/h4-7,11,14,16,18-20,23-24H,2-3,8-10,12-13,15,17H2,1H3,(H,25,26). The first kappa shape index (κ1) is 23.9. The summed E-state index contributed by atoms with van der Waals surface area (Å²) in [5, 5.41) is 28.0. The van der Waals surface area contributed by atoms with E-state index in [9.17, 15) is 15.0 Å². The van der Waals surface area contributed by atoms with Crippen LogP contribution in [0.5, 0.6) is 0 Å². The molecule has 0 amide bonds. The second-order valence-corrected chi connectivity index (χ2v) is 6.24. The van der Waals surface area contributed by atoms with Crippen molar-refractivity contribution in [3.63, 3.8) is 0 Å². The van der Waals surface area contributed by atoms with E-state index < -0.39 is 5.97 Å². The Kier molecular flexibility index (Phi) is 16.3. The van der Waals surface area contributed by atoms with Crippen LogP contribution in [0, 0.1) is 0 Å². The van der Waals surface area contributed by atoms with Gasteiger partial charge < -0.3 is 15.3 Å². The first-order chi connectivity index (χ1) is 12.6. The molecule has 0 heterocycles. The van der Waals surface area contributed by atoms with Gasteiger partial charge in [-0.05, 0) is 37.8 Å². The number of carboxylic acid groups (broad SMARTS) is 1. The lowest BCUT2D eigenvalue weighted by Crippen LogP contribution is -2.05. The average Bonchev–Trinajstić information content (AvgIpc) is 2.60. The van der Waals surface area contributed by atoms with E-state index in [0.717, 1.165) is 51.0 Å². The number of unbranched alkanes of at least 4 members (excludes halogenated alkanes) is 5. The van der Waals surface area contributed by atoms with Crippen LogP contribution in [0.2, 0.25) is 0 Å². The molecule has 0 radical (unpaired) electrons. The Morgan fingerprint density at radius 3 is 2.00 bits per heavy atom. The topological polar surface area (TPSA) is 77.8 Å². The SMILES string of the molecule is CCCCCC(O)CCCCCC=C(O)C=CC=CC=CC=CC(=O)O. The van der Waals surface area contributed by atoms with Gasteiger partial charge in [0.05, 0.1) is 6.10 Å². The first-order valence-electron chi connectivity index (χ1n) is 9.54. The largest absolute Gasteiger partial charge is 0.508 e. The molecular formula is C22H34O4. The van der Waals surface area contributed by atoms with Gasteiger partial charge >= 0.3 is 5.97 Å². The molecule has 0 spiro atoms. The molecule has 0 fully saturated rings. The van der Waals surface area contributed by atoms with E-state index in [0.29, 0.717) is 0 Å². The van der Waals surface area contributed by atoms with Crippen molar-refractivity contribution in [3.8, 4) is 0 Å². The lowest BCUT2D eigenvalue weighted by atomic mass is 10.0. The van der Waals surface area contributed by atoms with Crippen LogP contribution in [0.15, 0.2) is 60.4 Å². The number of aliphatic hydroxyl groups is 2. The zero-order valence-electron chi connectivity index (χ0n) is 15.9. The molecule has 1 atom stereocenters. The van der Waals surface area contributed by atoms with Crippen molar-refractivity contribution in [1.82, 2.24) is 0 Å². The van der Waals surface area contributed by atoms with Crippen LogP contribution in [0.4, 0.5) is 0 Å². The van der Waals surface area contributed by atoms with Crippen molar-refractivity contribution in [1.29, 1.82) is 0 Å². The molecule has 0 aliphatic carbocycles. The Bertz CT molecular complexity index is 498. The summed E-state index contributed by atoms with van der Waals surface area (Å²) in [6.45, 7) is 2.17. The molecule has 0 aliphatic heterocycles. The molecular weight excluding hydrogens is 328 g/mol. The Labute approximate surface area is 157 Å². The predicted octanol–water partition coefficient (Wildman–Crippen LogP) is 5.63. The third-order valence-electron chi connectivity index (χ3n) is 3.80. The Hall–Kier alpha value is -2.07. The maximum absolute atomic E-state index is 10.2. The quantitative estimate of drug-likeness (QED) is 0.153. The predicted molar refractivity (Wildman–Crippen MR) is 108 cm³/mol. The molecule has 3 N–H and O–H groups in total. The fraction of sp³-hybridized carbons (Fsp3) is 0.500. The summed E-state index contributed by atoms with van der Waals surface area (Å²) in [4.78, 5) is 10.2. The van der Waals surface area contributed by atoms with Gasteiger partial charge in [0, 0.05) is 6.08 Å². The highest BCUT2D eigenvalue weighted by molar-refractivity contribution is 5.80. The molecule has 0 aromatic carbocycles. The van der Waals surface area contributed by atoms with Crippen LogP contribution in [0.25, 0.3) is 0 Å². The van der Waals surface area contributed by atoms with Crippen LogP contribution in [0.1, 0.15) is 64.7 Å². The van der Waals surface area contributed by atoms with Crippen molar-refractivity contribution in [2.75, 3.05) is 0 Å². The minimum absolute atomic E-state index is 0.158. The second kappa shape index (κ2) is 17.7. The fourth-order valence-electron chi connectivity index (χ4n) is 2.34. The van der Waals surface area contributed by atoms with Gasteiger partial charge in [-0.2, -0.15) is 0 Å². The summed E-state index contributed by atoms with van der Waals surface area (Å²) in [5.74, 6) is -0.735. The lowest BCUT2D eigenvalue weighted by Gasteiger charge is -2.09. The van der Waals surface area contributed by atoms with Gasteiger partial charge in [0.15, 0.2) is 0 Å². The fourth-order valence-corrected chi connectivity index (χ4v) is 2.34. The number of carboxylic acids is 1. The van der Waals surface area contributed by atoms with Crippen LogP contribution < -0.4 is 0 Å². The molecule has 26 heavy (non-hydrogen) atoms. The molecule has 1 unspecified atom stereocenters. The summed E-state index contributed by atoms with van der Waals surface area (Å²) in [5.41, 5.74) is 0. The van der Waals surface area contributed by atoms with Crippen LogP contribution in [0.3, 0.4) is 0 Å². The monoisotopic (exact) mass is 362 g/mol. The third-order valence-corrected chi connectivity index (χ3v) is 3.80. The highest BCUT2D eigenvalue weighted by Crippen LogP contribution is 2.12. The zero-order chi connectivity index (χ0) is 19.5. The minimum atomic E-state index is -0.975. The number of allylic oxidation sites excluding steroid dienone is 8. The van der Waals surface area contributed by atoms with Crippen molar-refractivity contribution in [2.45, 2.75) is 70.8 Å². The van der Waals surface area contributed by atoms with Crippen LogP contribution >= 0.6 is 0 Å². The molecule has 0 aliphatic rings. The number of aliphatic carboxylic acids is 1. The highest BCUT2D eigenvalue weighted by atomic mass is 16.4. The van der Waals surface area contributed by atoms with Crippen LogP contribution in [-0.2, 0) is 4.79 Å². The van der Waals surface area contributed by atoms with E-state index in [1.165, 1.54) is 18.9 Å². The van der Waals surface area contributed by atoms with Gasteiger partial charge in [0.25, 0.3) is 0 Å². The normalized spacial score (nSPS) is 14.3. The number of rotatable bonds is 15. The molecule has 0 aromatic rings. The minimum Gasteiger partial charge on any atom is -0.508 e. The smallest absolute Gasteiger partial charge is 0.328 e. The van der Waals surface area contributed by atoms with E-state index in [1.807, 2.05) is 0 Å². The number of hydrogen-bond acceptors (Lipinski definition) is 3.